The molecular formula is C29H48O3. The Balaban J connectivity index is 1.47. The fraction of sp³-hybridized carbons (Fsp3) is 0.862. The Kier molecular flexibility index (Phi) is 7.30. The molecule has 0 aromatic rings. The minimum Gasteiger partial charge on any atom is -0.393 e. The van der Waals surface area contributed by atoms with E-state index in [0.717, 1.165) is 42.9 Å². The molecule has 0 radical (unpaired) electrons. The van der Waals surface area contributed by atoms with Gasteiger partial charge in [-0.2, -0.15) is 0 Å². The van der Waals surface area contributed by atoms with Crippen molar-refractivity contribution < 1.29 is 15.3 Å². The molecule has 3 nitrogen and oxygen atoms in total. The van der Waals surface area contributed by atoms with E-state index in [9.17, 15) is 5.11 Å². The van der Waals surface area contributed by atoms with Crippen molar-refractivity contribution >= 4 is 0 Å². The molecular weight excluding hydrogens is 396 g/mol. The molecule has 182 valence electrons. The lowest BCUT2D eigenvalue weighted by Gasteiger charge is -2.57. The SMILES string of the molecule is CC(C)C(=CCOO)CC[C@@H](C)[C@H]1CC[C@H]2C3=CC[C@@H]4C[C@@H](O)CC[C@]4(C)[C@H]3CC[C@]12C. The van der Waals surface area contributed by atoms with E-state index in [0.29, 0.717) is 29.3 Å². The lowest BCUT2D eigenvalue weighted by atomic mass is 9.47. The second-order valence-corrected chi connectivity index (χ2v) is 12.6. The van der Waals surface area contributed by atoms with Gasteiger partial charge in [-0.25, -0.2) is 4.89 Å². The zero-order chi connectivity index (χ0) is 23.1. The fourth-order valence-electron chi connectivity index (χ4n) is 8.83. The van der Waals surface area contributed by atoms with Gasteiger partial charge in [0.1, 0.15) is 6.61 Å². The Bertz CT molecular complexity index is 724. The van der Waals surface area contributed by atoms with Crippen LogP contribution in [0.1, 0.15) is 98.8 Å². The van der Waals surface area contributed by atoms with Gasteiger partial charge < -0.3 is 5.11 Å². The number of fused-ring (bicyclic) bond motifs is 5. The number of rotatable bonds is 7. The van der Waals surface area contributed by atoms with Crippen LogP contribution in [0.15, 0.2) is 23.3 Å². The average Bonchev–Trinajstić information content (AvgIpc) is 3.11. The van der Waals surface area contributed by atoms with Crippen LogP contribution in [0.5, 0.6) is 0 Å². The van der Waals surface area contributed by atoms with E-state index in [-0.39, 0.29) is 6.10 Å². The third-order valence-electron chi connectivity index (χ3n) is 10.9. The van der Waals surface area contributed by atoms with Crippen LogP contribution < -0.4 is 0 Å². The minimum absolute atomic E-state index is 0.0673. The normalized spacial score (nSPS) is 42.8. The van der Waals surface area contributed by atoms with E-state index in [1.807, 2.05) is 5.57 Å². The first-order valence-electron chi connectivity index (χ1n) is 13.5. The van der Waals surface area contributed by atoms with Gasteiger partial charge in [0, 0.05) is 0 Å². The minimum atomic E-state index is -0.0673. The first-order valence-corrected chi connectivity index (χ1v) is 13.5. The number of hydrogen-bond acceptors (Lipinski definition) is 3. The molecule has 0 unspecified atom stereocenters. The van der Waals surface area contributed by atoms with Gasteiger partial charge in [0.25, 0.3) is 0 Å². The number of allylic oxidation sites excluding steroid dienone is 3. The first kappa shape index (κ1) is 24.5. The van der Waals surface area contributed by atoms with Gasteiger partial charge in [-0.3, -0.25) is 5.26 Å². The molecule has 32 heavy (non-hydrogen) atoms. The van der Waals surface area contributed by atoms with Crippen LogP contribution in [-0.4, -0.2) is 23.1 Å². The van der Waals surface area contributed by atoms with Crippen LogP contribution in [0.3, 0.4) is 0 Å². The molecule has 4 rings (SSSR count). The van der Waals surface area contributed by atoms with E-state index < -0.39 is 0 Å². The highest BCUT2D eigenvalue weighted by Gasteiger charge is 2.58. The molecule has 3 saturated carbocycles. The van der Waals surface area contributed by atoms with Crippen molar-refractivity contribution in [3.63, 3.8) is 0 Å². The maximum Gasteiger partial charge on any atom is 0.100 e. The zero-order valence-electron chi connectivity index (χ0n) is 21.3. The quantitative estimate of drug-likeness (QED) is 0.244. The predicted molar refractivity (Wildman–Crippen MR) is 131 cm³/mol. The van der Waals surface area contributed by atoms with Crippen molar-refractivity contribution in [1.82, 2.24) is 0 Å². The highest BCUT2D eigenvalue weighted by molar-refractivity contribution is 5.27. The van der Waals surface area contributed by atoms with Crippen molar-refractivity contribution in [3.05, 3.63) is 23.3 Å². The molecule has 4 aliphatic carbocycles. The Morgan fingerprint density at radius 3 is 2.53 bits per heavy atom. The van der Waals surface area contributed by atoms with Crippen LogP contribution in [0, 0.1) is 46.3 Å². The molecule has 0 saturated heterocycles. The van der Waals surface area contributed by atoms with Crippen molar-refractivity contribution in [1.29, 1.82) is 0 Å². The van der Waals surface area contributed by atoms with Crippen molar-refractivity contribution in [2.24, 2.45) is 46.3 Å². The molecule has 8 atom stereocenters. The summed E-state index contributed by atoms with van der Waals surface area (Å²) in [7, 11) is 0. The number of hydrogen-bond donors (Lipinski definition) is 2. The Hall–Kier alpha value is -0.640. The first-order chi connectivity index (χ1) is 15.2. The zero-order valence-corrected chi connectivity index (χ0v) is 21.3. The molecule has 0 aromatic carbocycles. The highest BCUT2D eigenvalue weighted by atomic mass is 17.1. The third-order valence-corrected chi connectivity index (χ3v) is 10.9. The molecule has 0 aliphatic heterocycles. The molecule has 0 heterocycles. The van der Waals surface area contributed by atoms with Gasteiger partial charge in [0.05, 0.1) is 6.10 Å². The molecule has 0 aromatic heterocycles. The topological polar surface area (TPSA) is 49.7 Å². The maximum atomic E-state index is 10.3. The van der Waals surface area contributed by atoms with Crippen LogP contribution >= 0.6 is 0 Å². The van der Waals surface area contributed by atoms with Crippen LogP contribution in [-0.2, 0) is 4.89 Å². The van der Waals surface area contributed by atoms with Gasteiger partial charge in [-0.1, -0.05) is 57.9 Å². The van der Waals surface area contributed by atoms with Gasteiger partial charge in [0.2, 0.25) is 0 Å². The van der Waals surface area contributed by atoms with E-state index in [1.54, 1.807) is 0 Å². The van der Waals surface area contributed by atoms with Crippen molar-refractivity contribution in [2.45, 2.75) is 105 Å². The molecule has 3 heteroatoms. The van der Waals surface area contributed by atoms with Crippen LogP contribution in [0.2, 0.25) is 0 Å². The van der Waals surface area contributed by atoms with Crippen LogP contribution in [0.25, 0.3) is 0 Å². The summed E-state index contributed by atoms with van der Waals surface area (Å²) < 4.78 is 0. The molecule has 0 spiro atoms. The summed E-state index contributed by atoms with van der Waals surface area (Å²) in [6.07, 6.45) is 16.9. The average molecular weight is 445 g/mol. The van der Waals surface area contributed by atoms with Gasteiger partial charge in [0.15, 0.2) is 0 Å². The summed E-state index contributed by atoms with van der Waals surface area (Å²) in [6, 6.07) is 0. The second-order valence-electron chi connectivity index (χ2n) is 12.6. The summed E-state index contributed by atoms with van der Waals surface area (Å²) in [5.74, 6) is 4.28. The van der Waals surface area contributed by atoms with Crippen molar-refractivity contribution in [2.75, 3.05) is 6.61 Å². The van der Waals surface area contributed by atoms with E-state index in [1.165, 1.54) is 50.5 Å². The van der Waals surface area contributed by atoms with Crippen molar-refractivity contribution in [3.8, 4) is 0 Å². The Labute approximate surface area is 196 Å². The Morgan fingerprint density at radius 2 is 1.81 bits per heavy atom. The molecule has 2 N–H and O–H groups in total. The standard InChI is InChI=1S/C29H48O3/c1-19(2)21(14-17-32-31)7-6-20(3)25-10-11-26-24-9-8-22-18-23(30)12-15-28(22,4)27(24)13-16-29(25,26)5/h9,14,19-20,22-23,25-27,30-31H,6-8,10-13,15-18H2,1-5H3/t20-,22-,23+,25-,26+,27+,28+,29-/m1/s1. The van der Waals surface area contributed by atoms with E-state index in [4.69, 9.17) is 5.26 Å². The predicted octanol–water partition coefficient (Wildman–Crippen LogP) is 7.41. The largest absolute Gasteiger partial charge is 0.393 e. The summed E-state index contributed by atoms with van der Waals surface area (Å²) >= 11 is 0. The van der Waals surface area contributed by atoms with E-state index >= 15 is 0 Å². The third kappa shape index (κ3) is 4.27. The fourth-order valence-corrected chi connectivity index (χ4v) is 8.83. The monoisotopic (exact) mass is 444 g/mol. The summed E-state index contributed by atoms with van der Waals surface area (Å²) in [5, 5.41) is 19.0. The Morgan fingerprint density at radius 1 is 1.09 bits per heavy atom. The highest BCUT2D eigenvalue weighted by Crippen LogP contribution is 2.67. The molecule has 0 bridgehead atoms. The lowest BCUT2D eigenvalue weighted by Crippen LogP contribution is -2.49. The lowest BCUT2D eigenvalue weighted by molar-refractivity contribution is -0.232. The molecule has 3 fully saturated rings. The summed E-state index contributed by atoms with van der Waals surface area (Å²) in [6.45, 7) is 12.5. The molecule has 0 amide bonds. The van der Waals surface area contributed by atoms with E-state index in [2.05, 4.69) is 51.7 Å². The summed E-state index contributed by atoms with van der Waals surface area (Å²) in [5.41, 5.74) is 4.11. The van der Waals surface area contributed by atoms with Gasteiger partial charge >= 0.3 is 0 Å². The van der Waals surface area contributed by atoms with Gasteiger partial charge in [-0.15, -0.1) is 0 Å². The maximum absolute atomic E-state index is 10.3. The smallest absolute Gasteiger partial charge is 0.100 e. The molecule has 4 aliphatic rings. The van der Waals surface area contributed by atoms with Crippen LogP contribution in [0.4, 0.5) is 0 Å². The number of aliphatic hydroxyl groups excluding tert-OH is 1. The second kappa shape index (κ2) is 9.55. The van der Waals surface area contributed by atoms with Gasteiger partial charge in [-0.05, 0) is 111 Å². The summed E-state index contributed by atoms with van der Waals surface area (Å²) in [4.78, 5) is 4.32. The number of aliphatic hydroxyl groups is 1.